The topological polar surface area (TPSA) is 118 Å². The van der Waals surface area contributed by atoms with Crippen molar-refractivity contribution in [1.82, 2.24) is 4.57 Å². The standard InChI is InChI=1S/C14H17N3O4/c1-8(2)14(20)21-6-4-5-17-12(18)10(7-15)9(3)11(16)13(17)19/h19H,1,4-6,16H2,2-3H3. The molecule has 0 aliphatic rings. The van der Waals surface area contributed by atoms with Gasteiger partial charge in [0.2, 0.25) is 5.88 Å². The van der Waals surface area contributed by atoms with Gasteiger partial charge in [-0.3, -0.25) is 9.36 Å². The Bertz CT molecular complexity index is 683. The van der Waals surface area contributed by atoms with Gasteiger partial charge in [0, 0.05) is 17.7 Å². The molecule has 0 amide bonds. The molecule has 0 unspecified atom stereocenters. The summed E-state index contributed by atoms with van der Waals surface area (Å²) in [6, 6.07) is 1.77. The van der Waals surface area contributed by atoms with Gasteiger partial charge in [-0.25, -0.2) is 4.79 Å². The van der Waals surface area contributed by atoms with E-state index in [1.165, 1.54) is 13.8 Å². The summed E-state index contributed by atoms with van der Waals surface area (Å²) < 4.78 is 5.88. The van der Waals surface area contributed by atoms with E-state index in [1.54, 1.807) is 6.07 Å². The summed E-state index contributed by atoms with van der Waals surface area (Å²) in [7, 11) is 0. The van der Waals surface area contributed by atoms with Crippen molar-refractivity contribution in [1.29, 1.82) is 5.26 Å². The highest BCUT2D eigenvalue weighted by Crippen LogP contribution is 2.23. The Balaban J connectivity index is 2.88. The summed E-state index contributed by atoms with van der Waals surface area (Å²) >= 11 is 0. The number of hydrogen-bond donors (Lipinski definition) is 2. The van der Waals surface area contributed by atoms with Crippen molar-refractivity contribution in [3.05, 3.63) is 33.6 Å². The van der Waals surface area contributed by atoms with Crippen LogP contribution in [0, 0.1) is 18.3 Å². The summed E-state index contributed by atoms with van der Waals surface area (Å²) in [6.45, 7) is 6.60. The molecule has 0 saturated carbocycles. The smallest absolute Gasteiger partial charge is 0.333 e. The maximum absolute atomic E-state index is 12.0. The van der Waals surface area contributed by atoms with E-state index in [9.17, 15) is 14.7 Å². The second-order valence-corrected chi connectivity index (χ2v) is 4.58. The third-order valence-electron chi connectivity index (χ3n) is 2.95. The molecule has 0 aromatic carbocycles. The first-order valence-electron chi connectivity index (χ1n) is 6.25. The van der Waals surface area contributed by atoms with Gasteiger partial charge in [0.05, 0.1) is 12.3 Å². The maximum atomic E-state index is 12.0. The van der Waals surface area contributed by atoms with Crippen molar-refractivity contribution in [2.45, 2.75) is 26.8 Å². The first-order valence-corrected chi connectivity index (χ1v) is 6.25. The lowest BCUT2D eigenvalue weighted by molar-refractivity contribution is -0.139. The molecule has 0 radical (unpaired) electrons. The van der Waals surface area contributed by atoms with Gasteiger partial charge >= 0.3 is 5.97 Å². The Kier molecular flexibility index (Phi) is 5.13. The molecule has 0 aliphatic heterocycles. The second kappa shape index (κ2) is 6.61. The Morgan fingerprint density at radius 2 is 2.19 bits per heavy atom. The van der Waals surface area contributed by atoms with E-state index in [0.717, 1.165) is 4.57 Å². The predicted octanol–water partition coefficient (Wildman–Crippen LogP) is 0.826. The van der Waals surface area contributed by atoms with Crippen LogP contribution in [-0.4, -0.2) is 22.2 Å². The fourth-order valence-corrected chi connectivity index (χ4v) is 1.69. The van der Waals surface area contributed by atoms with E-state index in [4.69, 9.17) is 15.7 Å². The van der Waals surface area contributed by atoms with Gasteiger partial charge in [0.15, 0.2) is 0 Å². The number of esters is 1. The fraction of sp³-hybridized carbons (Fsp3) is 0.357. The first kappa shape index (κ1) is 16.3. The third-order valence-corrected chi connectivity index (χ3v) is 2.95. The van der Waals surface area contributed by atoms with Crippen LogP contribution in [-0.2, 0) is 16.1 Å². The number of ether oxygens (including phenoxy) is 1. The number of nitrogen functional groups attached to an aromatic ring is 1. The Labute approximate surface area is 121 Å². The van der Waals surface area contributed by atoms with Crippen molar-refractivity contribution < 1.29 is 14.6 Å². The van der Waals surface area contributed by atoms with Crippen LogP contribution in [0.4, 0.5) is 5.69 Å². The predicted molar refractivity (Wildman–Crippen MR) is 76.6 cm³/mol. The first-order chi connectivity index (χ1) is 9.81. The normalized spacial score (nSPS) is 9.95. The minimum absolute atomic E-state index is 0.00918. The van der Waals surface area contributed by atoms with Crippen LogP contribution in [0.25, 0.3) is 0 Å². The van der Waals surface area contributed by atoms with Crippen LogP contribution in [0.3, 0.4) is 0 Å². The molecule has 1 rings (SSSR count). The minimum atomic E-state index is -0.618. The van der Waals surface area contributed by atoms with Gasteiger partial charge in [0.1, 0.15) is 11.6 Å². The largest absolute Gasteiger partial charge is 0.493 e. The van der Waals surface area contributed by atoms with Crippen molar-refractivity contribution >= 4 is 11.7 Å². The van der Waals surface area contributed by atoms with Crippen molar-refractivity contribution in [2.24, 2.45) is 0 Å². The highest BCUT2D eigenvalue weighted by molar-refractivity contribution is 5.86. The van der Waals surface area contributed by atoms with Crippen LogP contribution in [0.5, 0.6) is 5.88 Å². The summed E-state index contributed by atoms with van der Waals surface area (Å²) in [5.41, 5.74) is 5.46. The number of carbonyl (C=O) groups is 1. The quantitative estimate of drug-likeness (QED) is 0.471. The molecular weight excluding hydrogens is 274 g/mol. The van der Waals surface area contributed by atoms with Crippen LogP contribution < -0.4 is 11.3 Å². The molecule has 0 spiro atoms. The number of nitrogens with zero attached hydrogens (tertiary/aromatic N) is 2. The zero-order valence-corrected chi connectivity index (χ0v) is 12.0. The van der Waals surface area contributed by atoms with Gasteiger partial charge in [-0.15, -0.1) is 0 Å². The van der Waals surface area contributed by atoms with E-state index in [1.807, 2.05) is 0 Å². The Morgan fingerprint density at radius 1 is 1.57 bits per heavy atom. The van der Waals surface area contributed by atoms with E-state index in [2.05, 4.69) is 6.58 Å². The van der Waals surface area contributed by atoms with Gasteiger partial charge < -0.3 is 15.6 Å². The molecule has 0 saturated heterocycles. The molecule has 0 bridgehead atoms. The molecule has 1 aromatic heterocycles. The summed E-state index contributed by atoms with van der Waals surface area (Å²) in [6.07, 6.45) is 0.292. The zero-order valence-electron chi connectivity index (χ0n) is 12.0. The summed E-state index contributed by atoms with van der Waals surface area (Å²) in [5.74, 6) is -0.907. The van der Waals surface area contributed by atoms with Crippen LogP contribution in [0.2, 0.25) is 0 Å². The van der Waals surface area contributed by atoms with E-state index in [-0.39, 0.29) is 41.4 Å². The van der Waals surface area contributed by atoms with Crippen LogP contribution in [0.15, 0.2) is 16.9 Å². The average Bonchev–Trinajstić information content (AvgIpc) is 2.44. The molecule has 1 heterocycles. The lowest BCUT2D eigenvalue weighted by atomic mass is 10.1. The SMILES string of the molecule is C=C(C)C(=O)OCCCn1c(O)c(N)c(C)c(C#N)c1=O. The van der Waals surface area contributed by atoms with E-state index >= 15 is 0 Å². The molecule has 0 aliphatic carbocycles. The van der Waals surface area contributed by atoms with Crippen LogP contribution in [0.1, 0.15) is 24.5 Å². The second-order valence-electron chi connectivity index (χ2n) is 4.58. The summed E-state index contributed by atoms with van der Waals surface area (Å²) in [5, 5.41) is 18.8. The molecule has 7 heteroatoms. The molecular formula is C14H17N3O4. The number of aromatic nitrogens is 1. The monoisotopic (exact) mass is 291 g/mol. The molecule has 21 heavy (non-hydrogen) atoms. The average molecular weight is 291 g/mol. The Morgan fingerprint density at radius 3 is 2.71 bits per heavy atom. The molecule has 1 aromatic rings. The lowest BCUT2D eigenvalue weighted by Crippen LogP contribution is -2.25. The number of nitrogens with two attached hydrogens (primary N) is 1. The van der Waals surface area contributed by atoms with Crippen molar-refractivity contribution in [2.75, 3.05) is 12.3 Å². The minimum Gasteiger partial charge on any atom is -0.493 e. The molecule has 7 nitrogen and oxygen atoms in total. The molecule has 3 N–H and O–H groups in total. The van der Waals surface area contributed by atoms with Gasteiger partial charge in [-0.2, -0.15) is 5.26 Å². The fourth-order valence-electron chi connectivity index (χ4n) is 1.69. The number of carbonyl (C=O) groups excluding carboxylic acids is 1. The summed E-state index contributed by atoms with van der Waals surface area (Å²) in [4.78, 5) is 23.2. The Hall–Kier alpha value is -2.75. The maximum Gasteiger partial charge on any atom is 0.333 e. The number of pyridine rings is 1. The third kappa shape index (κ3) is 3.42. The molecule has 112 valence electrons. The van der Waals surface area contributed by atoms with Crippen molar-refractivity contribution in [3.63, 3.8) is 0 Å². The number of anilines is 1. The molecule has 0 fully saturated rings. The van der Waals surface area contributed by atoms with Crippen molar-refractivity contribution in [3.8, 4) is 11.9 Å². The van der Waals surface area contributed by atoms with Gasteiger partial charge in [-0.05, 0) is 20.3 Å². The lowest BCUT2D eigenvalue weighted by Gasteiger charge is -2.13. The zero-order chi connectivity index (χ0) is 16.2. The van der Waals surface area contributed by atoms with E-state index in [0.29, 0.717) is 6.42 Å². The van der Waals surface area contributed by atoms with E-state index < -0.39 is 11.5 Å². The highest BCUT2D eigenvalue weighted by atomic mass is 16.5. The number of aromatic hydroxyl groups is 1. The number of hydrogen-bond acceptors (Lipinski definition) is 6. The highest BCUT2D eigenvalue weighted by Gasteiger charge is 2.16. The number of rotatable bonds is 5. The molecule has 0 atom stereocenters. The number of nitriles is 1. The van der Waals surface area contributed by atoms with Gasteiger partial charge in [-0.1, -0.05) is 6.58 Å². The van der Waals surface area contributed by atoms with Gasteiger partial charge in [0.25, 0.3) is 5.56 Å². The van der Waals surface area contributed by atoms with Crippen LogP contribution >= 0.6 is 0 Å².